The fourth-order valence-electron chi connectivity index (χ4n) is 1.75. The lowest BCUT2D eigenvalue weighted by Gasteiger charge is -2.11. The molecular formula is C13H10ClNO6. The second-order valence-electron chi connectivity index (χ2n) is 3.89. The van der Waals surface area contributed by atoms with Crippen LogP contribution in [0.1, 0.15) is 16.1 Å². The van der Waals surface area contributed by atoms with Crippen molar-refractivity contribution in [3.05, 3.63) is 50.7 Å². The Morgan fingerprint density at radius 2 is 1.95 bits per heavy atom. The second-order valence-corrected chi connectivity index (χ2v) is 4.26. The maximum absolute atomic E-state index is 12.3. The smallest absolute Gasteiger partial charge is 0.433 e. The van der Waals surface area contributed by atoms with Gasteiger partial charge in [-0.2, -0.15) is 0 Å². The van der Waals surface area contributed by atoms with Crippen LogP contribution in [0.4, 0.5) is 5.88 Å². The van der Waals surface area contributed by atoms with Gasteiger partial charge in [-0.1, -0.05) is 11.6 Å². The Morgan fingerprint density at radius 1 is 1.24 bits per heavy atom. The molecule has 0 fully saturated rings. The largest absolute Gasteiger partial charge is 0.495 e. The number of furan rings is 1. The molecule has 8 heteroatoms. The molecular weight excluding hydrogens is 302 g/mol. The van der Waals surface area contributed by atoms with Gasteiger partial charge in [0.1, 0.15) is 15.7 Å². The van der Waals surface area contributed by atoms with Gasteiger partial charge in [-0.3, -0.25) is 14.9 Å². The molecule has 0 aliphatic rings. The Bertz CT molecular complexity index is 709. The number of ether oxygens (including phenoxy) is 2. The number of carbonyl (C=O) groups is 1. The van der Waals surface area contributed by atoms with Crippen molar-refractivity contribution in [2.45, 2.75) is 0 Å². The third-order valence-electron chi connectivity index (χ3n) is 2.73. The minimum absolute atomic E-state index is 0.111. The highest BCUT2D eigenvalue weighted by molar-refractivity contribution is 6.34. The molecule has 21 heavy (non-hydrogen) atoms. The lowest BCUT2D eigenvalue weighted by Crippen LogP contribution is -2.04. The zero-order chi connectivity index (χ0) is 15.6. The Hall–Kier alpha value is -2.54. The SMILES string of the molecule is COc1ccc(C(=O)c2ccc([N+](=O)[O-])o2)c(OC)c1Cl. The molecule has 0 amide bonds. The number of benzene rings is 1. The molecule has 0 aliphatic heterocycles. The first-order valence-electron chi connectivity index (χ1n) is 5.69. The quantitative estimate of drug-likeness (QED) is 0.478. The molecule has 2 rings (SSSR count). The van der Waals surface area contributed by atoms with E-state index in [0.29, 0.717) is 5.75 Å². The zero-order valence-corrected chi connectivity index (χ0v) is 11.8. The molecule has 110 valence electrons. The summed E-state index contributed by atoms with van der Waals surface area (Å²) in [6.45, 7) is 0. The second kappa shape index (κ2) is 5.84. The van der Waals surface area contributed by atoms with Gasteiger partial charge in [0.15, 0.2) is 11.5 Å². The number of rotatable bonds is 5. The first-order valence-corrected chi connectivity index (χ1v) is 6.06. The number of ketones is 1. The van der Waals surface area contributed by atoms with Crippen molar-refractivity contribution in [1.29, 1.82) is 0 Å². The van der Waals surface area contributed by atoms with E-state index in [9.17, 15) is 14.9 Å². The van der Waals surface area contributed by atoms with Crippen LogP contribution in [0.2, 0.25) is 5.02 Å². The molecule has 0 saturated heterocycles. The summed E-state index contributed by atoms with van der Waals surface area (Å²) in [5.74, 6) is -0.821. The van der Waals surface area contributed by atoms with Gasteiger partial charge >= 0.3 is 5.88 Å². The van der Waals surface area contributed by atoms with Gasteiger partial charge < -0.3 is 13.9 Å². The van der Waals surface area contributed by atoms with Gasteiger partial charge in [-0.15, -0.1) is 0 Å². The van der Waals surface area contributed by atoms with Crippen LogP contribution in [0.25, 0.3) is 0 Å². The number of carbonyl (C=O) groups excluding carboxylic acids is 1. The first-order chi connectivity index (χ1) is 9.99. The Morgan fingerprint density at radius 3 is 2.48 bits per heavy atom. The predicted molar refractivity (Wildman–Crippen MR) is 73.4 cm³/mol. The number of halogens is 1. The number of nitrogens with zero attached hydrogens (tertiary/aromatic N) is 1. The van der Waals surface area contributed by atoms with E-state index in [1.807, 2.05) is 0 Å². The highest BCUT2D eigenvalue weighted by atomic mass is 35.5. The van der Waals surface area contributed by atoms with Crippen molar-refractivity contribution in [3.8, 4) is 11.5 Å². The summed E-state index contributed by atoms with van der Waals surface area (Å²) in [6, 6.07) is 5.26. The van der Waals surface area contributed by atoms with Crippen LogP contribution in [0.5, 0.6) is 11.5 Å². The van der Waals surface area contributed by atoms with E-state index in [4.69, 9.17) is 25.5 Å². The summed E-state index contributed by atoms with van der Waals surface area (Å²) < 4.78 is 15.0. The van der Waals surface area contributed by atoms with Gasteiger partial charge in [-0.05, 0) is 18.2 Å². The van der Waals surface area contributed by atoms with Crippen molar-refractivity contribution in [1.82, 2.24) is 0 Å². The van der Waals surface area contributed by atoms with Crippen molar-refractivity contribution < 1.29 is 23.6 Å². The molecule has 0 bridgehead atoms. The van der Waals surface area contributed by atoms with E-state index < -0.39 is 16.6 Å². The molecule has 0 N–H and O–H groups in total. The van der Waals surface area contributed by atoms with E-state index in [0.717, 1.165) is 6.07 Å². The molecule has 0 spiro atoms. The van der Waals surface area contributed by atoms with E-state index in [2.05, 4.69) is 0 Å². The number of hydrogen-bond acceptors (Lipinski definition) is 6. The molecule has 2 aromatic rings. The monoisotopic (exact) mass is 311 g/mol. The van der Waals surface area contributed by atoms with Gasteiger partial charge in [0.2, 0.25) is 5.78 Å². The van der Waals surface area contributed by atoms with E-state index in [-0.39, 0.29) is 22.1 Å². The third-order valence-corrected chi connectivity index (χ3v) is 3.08. The molecule has 0 aliphatic carbocycles. The summed E-state index contributed by atoms with van der Waals surface area (Å²) in [4.78, 5) is 22.2. The Kier molecular flexibility index (Phi) is 4.13. The summed E-state index contributed by atoms with van der Waals surface area (Å²) >= 11 is 6.06. The van der Waals surface area contributed by atoms with Crippen LogP contribution >= 0.6 is 11.6 Å². The van der Waals surface area contributed by atoms with Crippen LogP contribution in [0.15, 0.2) is 28.7 Å². The van der Waals surface area contributed by atoms with Gasteiger partial charge in [0.05, 0.1) is 25.8 Å². The molecule has 0 radical (unpaired) electrons. The van der Waals surface area contributed by atoms with Crippen molar-refractivity contribution in [2.24, 2.45) is 0 Å². The molecule has 1 heterocycles. The minimum Gasteiger partial charge on any atom is -0.495 e. The summed E-state index contributed by atoms with van der Waals surface area (Å²) in [5.41, 5.74) is 0.118. The van der Waals surface area contributed by atoms with Crippen molar-refractivity contribution >= 4 is 23.3 Å². The van der Waals surface area contributed by atoms with Crippen molar-refractivity contribution in [3.63, 3.8) is 0 Å². The summed E-state index contributed by atoms with van der Waals surface area (Å²) in [7, 11) is 2.78. The molecule has 0 saturated carbocycles. The molecule has 0 atom stereocenters. The average molecular weight is 312 g/mol. The van der Waals surface area contributed by atoms with Crippen LogP contribution in [-0.4, -0.2) is 24.9 Å². The number of methoxy groups -OCH3 is 2. The van der Waals surface area contributed by atoms with Gasteiger partial charge in [-0.25, -0.2) is 0 Å². The minimum atomic E-state index is -0.727. The maximum atomic E-state index is 12.3. The van der Waals surface area contributed by atoms with Crippen molar-refractivity contribution in [2.75, 3.05) is 14.2 Å². The van der Waals surface area contributed by atoms with Crippen LogP contribution in [-0.2, 0) is 0 Å². The summed E-state index contributed by atoms with van der Waals surface area (Å²) in [6.07, 6.45) is 0. The van der Waals surface area contributed by atoms with Crippen LogP contribution in [0.3, 0.4) is 0 Å². The standard InChI is InChI=1S/C13H10ClNO6/c1-19-8-4-3-7(13(20-2)11(8)14)12(16)9-5-6-10(21-9)15(17)18/h3-6H,1-2H3. The topological polar surface area (TPSA) is 91.8 Å². The molecule has 7 nitrogen and oxygen atoms in total. The normalized spacial score (nSPS) is 10.2. The number of hydrogen-bond donors (Lipinski definition) is 0. The molecule has 1 aromatic heterocycles. The predicted octanol–water partition coefficient (Wildman–Crippen LogP) is 3.09. The Labute approximate surface area is 124 Å². The van der Waals surface area contributed by atoms with E-state index >= 15 is 0 Å². The lowest BCUT2D eigenvalue weighted by molar-refractivity contribution is -0.402. The first kappa shape index (κ1) is 14.9. The maximum Gasteiger partial charge on any atom is 0.433 e. The Balaban J connectivity index is 2.47. The number of nitro groups is 1. The van der Waals surface area contributed by atoms with Gasteiger partial charge in [0.25, 0.3) is 0 Å². The summed E-state index contributed by atoms with van der Waals surface area (Å²) in [5, 5.41) is 10.7. The van der Waals surface area contributed by atoms with Crippen LogP contribution < -0.4 is 9.47 Å². The molecule has 1 aromatic carbocycles. The third kappa shape index (κ3) is 2.68. The molecule has 0 unspecified atom stereocenters. The average Bonchev–Trinajstić information content (AvgIpc) is 2.96. The van der Waals surface area contributed by atoms with Crippen LogP contribution in [0, 0.1) is 10.1 Å². The van der Waals surface area contributed by atoms with E-state index in [1.54, 1.807) is 0 Å². The zero-order valence-electron chi connectivity index (χ0n) is 11.1. The lowest BCUT2D eigenvalue weighted by atomic mass is 10.1. The van der Waals surface area contributed by atoms with Gasteiger partial charge in [0, 0.05) is 0 Å². The highest BCUT2D eigenvalue weighted by Crippen LogP contribution is 2.38. The fraction of sp³-hybridized carbons (Fsp3) is 0.154. The fourth-order valence-corrected chi connectivity index (χ4v) is 2.07. The highest BCUT2D eigenvalue weighted by Gasteiger charge is 2.24. The van der Waals surface area contributed by atoms with E-state index in [1.165, 1.54) is 32.4 Å².